The first-order valence-electron chi connectivity index (χ1n) is 24.7. The van der Waals surface area contributed by atoms with Crippen LogP contribution in [0.1, 0.15) is 103 Å². The van der Waals surface area contributed by atoms with Crippen molar-refractivity contribution in [1.29, 1.82) is 0 Å². The molecule has 0 fully saturated rings. The van der Waals surface area contributed by atoms with Gasteiger partial charge in [0, 0.05) is 84.7 Å². The van der Waals surface area contributed by atoms with E-state index in [4.69, 9.17) is 0 Å². The first kappa shape index (κ1) is 39.8. The Labute approximate surface area is 407 Å². The van der Waals surface area contributed by atoms with Crippen LogP contribution in [-0.2, 0) is 21.7 Å². The van der Waals surface area contributed by atoms with E-state index >= 15 is 0 Å². The average Bonchev–Trinajstić information content (AvgIpc) is 4.05. The first-order chi connectivity index (χ1) is 32.6. The van der Waals surface area contributed by atoms with Crippen molar-refractivity contribution in [3.8, 4) is 27.9 Å². The molecule has 0 spiro atoms. The molecule has 4 aliphatic rings. The minimum absolute atomic E-state index is 0.0363. The number of rotatable bonds is 1. The summed E-state index contributed by atoms with van der Waals surface area (Å²) in [5.41, 5.74) is 22.1. The lowest BCUT2D eigenvalue weighted by Crippen LogP contribution is -2.60. The van der Waals surface area contributed by atoms with Crippen LogP contribution in [-0.4, -0.2) is 11.4 Å². The van der Waals surface area contributed by atoms with E-state index in [2.05, 4.69) is 205 Å². The molecule has 0 atom stereocenters. The zero-order valence-corrected chi connectivity index (χ0v) is 42.0. The molecule has 5 heteroatoms. The normalized spacial score (nSPS) is 17.1. The highest BCUT2D eigenvalue weighted by molar-refractivity contribution is 7.27. The molecule has 3 aromatic heterocycles. The van der Waals surface area contributed by atoms with Crippen LogP contribution >= 0.6 is 22.7 Å². The Morgan fingerprint density at radius 2 is 1.21 bits per heavy atom. The molecule has 8 aromatic carbocycles. The second-order valence-corrected chi connectivity index (χ2v) is 25.6. The second-order valence-electron chi connectivity index (χ2n) is 23.5. The molecular weight excluding hydrogens is 860 g/mol. The van der Waals surface area contributed by atoms with E-state index < -0.39 is 0 Å². The van der Waals surface area contributed by atoms with Gasteiger partial charge in [-0.25, -0.2) is 0 Å². The third-order valence-corrected chi connectivity index (χ3v) is 19.7. The zero-order chi connectivity index (χ0) is 46.1. The van der Waals surface area contributed by atoms with Gasteiger partial charge < -0.3 is 9.38 Å². The van der Waals surface area contributed by atoms with E-state index in [1.54, 1.807) is 0 Å². The van der Waals surface area contributed by atoms with Gasteiger partial charge in [-0.3, -0.25) is 0 Å². The quantitative estimate of drug-likeness (QED) is 0.149. The molecule has 0 radical (unpaired) electrons. The van der Waals surface area contributed by atoms with Crippen molar-refractivity contribution in [2.45, 2.75) is 96.8 Å². The van der Waals surface area contributed by atoms with E-state index in [0.717, 1.165) is 0 Å². The number of anilines is 2. The number of fused-ring (bicyclic) bond motifs is 20. The Morgan fingerprint density at radius 3 is 1.96 bits per heavy atom. The summed E-state index contributed by atoms with van der Waals surface area (Å²) < 4.78 is 8.22. The fraction of sp³-hybridized carbons (Fsp3) is 0.238. The molecule has 0 amide bonds. The lowest BCUT2D eigenvalue weighted by atomic mass is 9.43. The van der Waals surface area contributed by atoms with Crippen LogP contribution in [0.2, 0.25) is 0 Å². The first-order valence-corrected chi connectivity index (χ1v) is 26.4. The van der Waals surface area contributed by atoms with Crippen LogP contribution in [0.3, 0.4) is 0 Å². The third kappa shape index (κ3) is 4.89. The van der Waals surface area contributed by atoms with E-state index in [1.165, 1.54) is 153 Å². The number of thiophene rings is 2. The van der Waals surface area contributed by atoms with Crippen molar-refractivity contribution in [3.05, 3.63) is 161 Å². The van der Waals surface area contributed by atoms with E-state index in [1.807, 2.05) is 22.7 Å². The molecule has 15 rings (SSSR count). The van der Waals surface area contributed by atoms with Gasteiger partial charge in [0.25, 0.3) is 0 Å². The molecule has 11 aromatic rings. The Hall–Kier alpha value is -6.14. The SMILES string of the molecule is CC(C)(C)c1ccc(N2B3c4cc5c(cc4-n4c6cc7c(cc6c6c8c(sc9ccccc98)c(c3c64)-c3cc4c(cc32)sc2ccccc24)C(C)(C)CCC7(C)C)C(C)(C)c2ccccc2-5)cc1. The van der Waals surface area contributed by atoms with Crippen LogP contribution in [0.25, 0.3) is 90.1 Å². The molecular formula is C63H53BN2S2. The number of hydrogen-bond acceptors (Lipinski definition) is 3. The predicted octanol–water partition coefficient (Wildman–Crippen LogP) is 16.7. The summed E-state index contributed by atoms with van der Waals surface area (Å²) in [7, 11) is 0. The molecule has 2 aliphatic carbocycles. The van der Waals surface area contributed by atoms with Crippen molar-refractivity contribution in [3.63, 3.8) is 0 Å². The Bertz CT molecular complexity index is 4110. The van der Waals surface area contributed by atoms with Crippen LogP contribution < -0.4 is 15.7 Å². The van der Waals surface area contributed by atoms with Crippen molar-refractivity contribution in [2.24, 2.45) is 0 Å². The largest absolute Gasteiger partial charge is 0.376 e. The summed E-state index contributed by atoms with van der Waals surface area (Å²) in [5.74, 6) is 0. The molecule has 5 heterocycles. The van der Waals surface area contributed by atoms with Crippen molar-refractivity contribution < 1.29 is 0 Å². The molecule has 0 bridgehead atoms. The lowest BCUT2D eigenvalue weighted by Gasteiger charge is -2.43. The van der Waals surface area contributed by atoms with Crippen LogP contribution in [0.5, 0.6) is 0 Å². The fourth-order valence-corrected chi connectivity index (χ4v) is 16.1. The average molecular weight is 913 g/mol. The standard InChI is InChI=1S/C63H53BN2S2/c1-60(2,3)34-22-24-35(25-23-34)66-49-33-53-40(37-17-11-14-20-51(37)67-53)28-41(49)56-57-58-54(55-38-18-12-15-21-52(38)68-59(55)56)42-29-45-46(62(6,7)27-26-61(45,4)5)32-48(42)65(58)50-31-44-39(30-47(50)64(57)66)36-16-10-13-19-43(36)63(44,8)9/h10-25,28-33H,26-27H2,1-9H3. The van der Waals surface area contributed by atoms with Crippen molar-refractivity contribution in [1.82, 2.24) is 4.57 Å². The van der Waals surface area contributed by atoms with Gasteiger partial charge >= 0.3 is 6.85 Å². The maximum Gasteiger partial charge on any atom is 0.333 e. The van der Waals surface area contributed by atoms with E-state index in [9.17, 15) is 0 Å². The molecule has 2 nitrogen and oxygen atoms in total. The van der Waals surface area contributed by atoms with Gasteiger partial charge in [-0.05, 0) is 134 Å². The molecule has 0 saturated carbocycles. The van der Waals surface area contributed by atoms with Gasteiger partial charge in [0.1, 0.15) is 0 Å². The van der Waals surface area contributed by atoms with Gasteiger partial charge in [0.05, 0.1) is 11.0 Å². The predicted molar refractivity (Wildman–Crippen MR) is 297 cm³/mol. The summed E-state index contributed by atoms with van der Waals surface area (Å²) in [6.45, 7) is 21.8. The molecule has 0 saturated heterocycles. The number of nitrogens with zero attached hydrogens (tertiary/aromatic N) is 2. The van der Waals surface area contributed by atoms with Crippen LogP contribution in [0, 0.1) is 0 Å². The monoisotopic (exact) mass is 912 g/mol. The van der Waals surface area contributed by atoms with Crippen molar-refractivity contribution in [2.75, 3.05) is 4.81 Å². The molecule has 0 N–H and O–H groups in total. The summed E-state index contributed by atoms with van der Waals surface area (Å²) in [6, 6.07) is 52.9. The summed E-state index contributed by atoms with van der Waals surface area (Å²) in [6.07, 6.45) is 2.36. The number of aromatic nitrogens is 1. The maximum absolute atomic E-state index is 2.78. The van der Waals surface area contributed by atoms with Crippen LogP contribution in [0.15, 0.2) is 133 Å². The highest BCUT2D eigenvalue weighted by Crippen LogP contribution is 2.57. The van der Waals surface area contributed by atoms with E-state index in [0.29, 0.717) is 0 Å². The minimum Gasteiger partial charge on any atom is -0.376 e. The highest BCUT2D eigenvalue weighted by Gasteiger charge is 2.48. The van der Waals surface area contributed by atoms with Gasteiger partial charge in [-0.15, -0.1) is 22.7 Å². The Balaban J connectivity index is 1.20. The van der Waals surface area contributed by atoms with Gasteiger partial charge in [-0.2, -0.15) is 0 Å². The number of benzene rings is 8. The zero-order valence-electron chi connectivity index (χ0n) is 40.4. The molecule has 330 valence electrons. The van der Waals surface area contributed by atoms with Crippen molar-refractivity contribution >= 4 is 114 Å². The Morgan fingerprint density at radius 1 is 0.529 bits per heavy atom. The van der Waals surface area contributed by atoms with Gasteiger partial charge in [-0.1, -0.05) is 141 Å². The minimum atomic E-state index is -0.151. The second kappa shape index (κ2) is 12.7. The maximum atomic E-state index is 2.78. The lowest BCUT2D eigenvalue weighted by molar-refractivity contribution is 0.332. The van der Waals surface area contributed by atoms with Gasteiger partial charge in [0.15, 0.2) is 0 Å². The fourth-order valence-electron chi connectivity index (χ4n) is 13.6. The van der Waals surface area contributed by atoms with E-state index in [-0.39, 0.29) is 28.5 Å². The highest BCUT2D eigenvalue weighted by atomic mass is 32.1. The smallest absolute Gasteiger partial charge is 0.333 e. The Kier molecular flexibility index (Phi) is 7.46. The summed E-state index contributed by atoms with van der Waals surface area (Å²) >= 11 is 3.94. The molecule has 68 heavy (non-hydrogen) atoms. The van der Waals surface area contributed by atoms with Crippen LogP contribution in [0.4, 0.5) is 11.4 Å². The summed E-state index contributed by atoms with van der Waals surface area (Å²) in [4.78, 5) is 2.77. The molecule has 2 aliphatic heterocycles. The topological polar surface area (TPSA) is 8.17 Å². The third-order valence-electron chi connectivity index (χ3n) is 17.4. The number of hydrogen-bond donors (Lipinski definition) is 0. The van der Waals surface area contributed by atoms with Gasteiger partial charge in [0.2, 0.25) is 0 Å². The summed E-state index contributed by atoms with van der Waals surface area (Å²) in [5, 5.41) is 8.27. The molecule has 0 unspecified atom stereocenters.